The molecule has 1 heterocycles. The highest BCUT2D eigenvalue weighted by Gasteiger charge is 2.27. The average Bonchev–Trinajstić information content (AvgIpc) is 3.43. The smallest absolute Gasteiger partial charge is 0.344 e. The van der Waals surface area contributed by atoms with Crippen molar-refractivity contribution in [3.63, 3.8) is 0 Å². The van der Waals surface area contributed by atoms with Crippen LogP contribution in [0.15, 0.2) is 40.5 Å². The molecule has 126 valence electrons. The number of aromatic nitrogens is 2. The number of nitrogens with one attached hydrogen (secondary N) is 1. The number of ether oxygens (including phenoxy) is 1. The van der Waals surface area contributed by atoms with Gasteiger partial charge in [-0.1, -0.05) is 42.1 Å². The molecule has 24 heavy (non-hydrogen) atoms. The molecule has 0 spiro atoms. The number of hydrogen-bond acceptors (Lipinski definition) is 7. The van der Waals surface area contributed by atoms with E-state index < -0.39 is 5.97 Å². The number of esters is 1. The van der Waals surface area contributed by atoms with Crippen LogP contribution in [0.4, 0.5) is 5.82 Å². The van der Waals surface area contributed by atoms with Gasteiger partial charge in [0, 0.05) is 11.8 Å². The Balaban J connectivity index is 1.92. The standard InChI is InChI=1S/C17H19N3O2S2/c1-22-16(21)13-14(18-12-8-9-12)19-17(23-2)20-15(13)24-10-11-6-4-3-5-7-11/h3-7,12H,8-10H2,1-2H3,(H,18,19,20). The van der Waals surface area contributed by atoms with Gasteiger partial charge in [-0.3, -0.25) is 0 Å². The number of nitrogens with zero attached hydrogens (tertiary/aromatic N) is 2. The van der Waals surface area contributed by atoms with Crippen molar-refractivity contribution >= 4 is 35.3 Å². The van der Waals surface area contributed by atoms with Crippen LogP contribution in [0.3, 0.4) is 0 Å². The minimum Gasteiger partial charge on any atom is -0.465 e. The van der Waals surface area contributed by atoms with Gasteiger partial charge in [0.1, 0.15) is 16.4 Å². The van der Waals surface area contributed by atoms with Crippen LogP contribution in [-0.2, 0) is 10.5 Å². The zero-order valence-corrected chi connectivity index (χ0v) is 15.2. The maximum Gasteiger partial charge on any atom is 0.344 e. The van der Waals surface area contributed by atoms with Crippen LogP contribution in [0.25, 0.3) is 0 Å². The minimum absolute atomic E-state index is 0.394. The molecule has 5 nitrogen and oxygen atoms in total. The maximum atomic E-state index is 12.3. The predicted octanol–water partition coefficient (Wildman–Crippen LogP) is 3.85. The summed E-state index contributed by atoms with van der Waals surface area (Å²) >= 11 is 3.00. The van der Waals surface area contributed by atoms with Gasteiger partial charge < -0.3 is 10.1 Å². The topological polar surface area (TPSA) is 64.1 Å². The molecule has 0 unspecified atom stereocenters. The lowest BCUT2D eigenvalue weighted by atomic mass is 10.2. The Morgan fingerprint density at radius 2 is 2.04 bits per heavy atom. The number of thioether (sulfide) groups is 2. The van der Waals surface area contributed by atoms with Crippen LogP contribution in [0.5, 0.6) is 0 Å². The van der Waals surface area contributed by atoms with E-state index in [1.807, 2.05) is 24.5 Å². The Bertz CT molecular complexity index is 721. The molecule has 0 radical (unpaired) electrons. The maximum absolute atomic E-state index is 12.3. The van der Waals surface area contributed by atoms with Gasteiger partial charge in [-0.25, -0.2) is 14.8 Å². The molecule has 1 aliphatic rings. The van der Waals surface area contributed by atoms with Crippen LogP contribution in [-0.4, -0.2) is 35.3 Å². The van der Waals surface area contributed by atoms with Gasteiger partial charge in [0.15, 0.2) is 5.16 Å². The summed E-state index contributed by atoms with van der Waals surface area (Å²) in [6.07, 6.45) is 4.14. The molecule has 0 aliphatic heterocycles. The lowest BCUT2D eigenvalue weighted by molar-refractivity contribution is 0.0596. The summed E-state index contributed by atoms with van der Waals surface area (Å²) in [4.78, 5) is 21.3. The van der Waals surface area contributed by atoms with Crippen molar-refractivity contribution in [1.82, 2.24) is 9.97 Å². The molecule has 2 aromatic rings. The second-order valence-corrected chi connectivity index (χ2v) is 7.16. The third kappa shape index (κ3) is 4.21. The van der Waals surface area contributed by atoms with Crippen LogP contribution >= 0.6 is 23.5 Å². The number of benzene rings is 1. The summed E-state index contributed by atoms with van der Waals surface area (Å²) in [5, 5.41) is 4.65. The largest absolute Gasteiger partial charge is 0.465 e. The van der Waals surface area contributed by atoms with Gasteiger partial charge in [-0.2, -0.15) is 0 Å². The fourth-order valence-electron chi connectivity index (χ4n) is 2.15. The lowest BCUT2D eigenvalue weighted by Crippen LogP contribution is -2.14. The molecular weight excluding hydrogens is 342 g/mol. The fraction of sp³-hybridized carbons (Fsp3) is 0.353. The van der Waals surface area contributed by atoms with Crippen molar-refractivity contribution in [1.29, 1.82) is 0 Å². The number of carbonyl (C=O) groups is 1. The number of anilines is 1. The first kappa shape index (κ1) is 17.1. The number of carbonyl (C=O) groups excluding carboxylic acids is 1. The third-order valence-corrected chi connectivity index (χ3v) is 5.16. The van der Waals surface area contributed by atoms with Crippen molar-refractivity contribution in [3.05, 3.63) is 41.5 Å². The summed E-state index contributed by atoms with van der Waals surface area (Å²) in [7, 11) is 1.39. The molecule has 1 saturated carbocycles. The molecule has 0 saturated heterocycles. The quantitative estimate of drug-likeness (QED) is 0.348. The summed E-state index contributed by atoms with van der Waals surface area (Å²) in [6, 6.07) is 10.5. The fourth-order valence-corrected chi connectivity index (χ4v) is 3.55. The predicted molar refractivity (Wildman–Crippen MR) is 97.8 cm³/mol. The van der Waals surface area contributed by atoms with Crippen LogP contribution in [0, 0.1) is 0 Å². The average molecular weight is 361 g/mol. The van der Waals surface area contributed by atoms with E-state index in [1.165, 1.54) is 36.2 Å². The highest BCUT2D eigenvalue weighted by Crippen LogP contribution is 2.33. The van der Waals surface area contributed by atoms with E-state index in [-0.39, 0.29) is 0 Å². The van der Waals surface area contributed by atoms with Crippen molar-refractivity contribution in [2.75, 3.05) is 18.7 Å². The minimum atomic E-state index is -0.402. The van der Waals surface area contributed by atoms with Crippen LogP contribution in [0.2, 0.25) is 0 Å². The Morgan fingerprint density at radius 1 is 1.29 bits per heavy atom. The number of methoxy groups -OCH3 is 1. The monoisotopic (exact) mass is 361 g/mol. The van der Waals surface area contributed by atoms with E-state index in [1.54, 1.807) is 0 Å². The van der Waals surface area contributed by atoms with Crippen molar-refractivity contribution in [2.45, 2.75) is 34.8 Å². The summed E-state index contributed by atoms with van der Waals surface area (Å²) < 4.78 is 4.97. The van der Waals surface area contributed by atoms with E-state index in [9.17, 15) is 4.79 Å². The first-order valence-electron chi connectivity index (χ1n) is 7.69. The Labute approximate surface area is 150 Å². The van der Waals surface area contributed by atoms with E-state index >= 15 is 0 Å². The number of rotatable bonds is 7. The molecule has 0 bridgehead atoms. The van der Waals surface area contributed by atoms with E-state index in [0.29, 0.717) is 27.6 Å². The summed E-state index contributed by atoms with van der Waals surface area (Å²) in [6.45, 7) is 0. The van der Waals surface area contributed by atoms with Crippen molar-refractivity contribution in [2.24, 2.45) is 0 Å². The molecule has 1 aromatic heterocycles. The van der Waals surface area contributed by atoms with E-state index in [2.05, 4.69) is 27.4 Å². The molecule has 1 aromatic carbocycles. The normalized spacial score (nSPS) is 13.6. The third-order valence-electron chi connectivity index (χ3n) is 3.56. The molecule has 1 fully saturated rings. The molecule has 0 amide bonds. The van der Waals surface area contributed by atoms with Crippen molar-refractivity contribution in [3.8, 4) is 0 Å². The molecule has 0 atom stereocenters. The van der Waals surface area contributed by atoms with E-state index in [0.717, 1.165) is 18.6 Å². The second kappa shape index (κ2) is 7.90. The molecular formula is C17H19N3O2S2. The molecule has 3 rings (SSSR count). The lowest BCUT2D eigenvalue weighted by Gasteiger charge is -2.14. The highest BCUT2D eigenvalue weighted by atomic mass is 32.2. The Morgan fingerprint density at radius 3 is 2.67 bits per heavy atom. The highest BCUT2D eigenvalue weighted by molar-refractivity contribution is 7.99. The molecule has 7 heteroatoms. The summed E-state index contributed by atoms with van der Waals surface area (Å²) in [5.74, 6) is 0.916. The number of hydrogen-bond donors (Lipinski definition) is 1. The SMILES string of the molecule is COC(=O)c1c(NC2CC2)nc(SC)nc1SCc1ccccc1. The van der Waals surface area contributed by atoms with Gasteiger partial charge in [-0.15, -0.1) is 11.8 Å². The zero-order valence-electron chi connectivity index (χ0n) is 13.6. The molecule has 1 N–H and O–H groups in total. The Kier molecular flexibility index (Phi) is 5.63. The van der Waals surface area contributed by atoms with E-state index in [4.69, 9.17) is 4.74 Å². The summed E-state index contributed by atoms with van der Waals surface area (Å²) in [5.41, 5.74) is 1.61. The van der Waals surface area contributed by atoms with Crippen molar-refractivity contribution < 1.29 is 9.53 Å². The van der Waals surface area contributed by atoms with Crippen LogP contribution < -0.4 is 5.32 Å². The van der Waals surface area contributed by atoms with Gasteiger partial charge >= 0.3 is 5.97 Å². The molecule has 1 aliphatic carbocycles. The van der Waals surface area contributed by atoms with Gasteiger partial charge in [-0.05, 0) is 24.7 Å². The van der Waals surface area contributed by atoms with Gasteiger partial charge in [0.2, 0.25) is 0 Å². The van der Waals surface area contributed by atoms with Gasteiger partial charge in [0.25, 0.3) is 0 Å². The van der Waals surface area contributed by atoms with Gasteiger partial charge in [0.05, 0.1) is 7.11 Å². The first-order valence-corrected chi connectivity index (χ1v) is 9.90. The first-order chi connectivity index (χ1) is 11.7. The zero-order chi connectivity index (χ0) is 16.9. The second-order valence-electron chi connectivity index (χ2n) is 5.42. The van der Waals surface area contributed by atoms with Crippen LogP contribution in [0.1, 0.15) is 28.8 Å². The Hall–Kier alpha value is -1.73.